The van der Waals surface area contributed by atoms with Crippen molar-refractivity contribution in [3.05, 3.63) is 42.1 Å². The number of ether oxygens (including phenoxy) is 1. The van der Waals surface area contributed by atoms with Gasteiger partial charge in [0.15, 0.2) is 0 Å². The maximum Gasteiger partial charge on any atom is 0.235 e. The molecule has 0 amide bonds. The molecule has 5 rings (SSSR count). The lowest BCUT2D eigenvalue weighted by Crippen LogP contribution is -2.45. The highest BCUT2D eigenvalue weighted by molar-refractivity contribution is 5.69. The van der Waals surface area contributed by atoms with Crippen molar-refractivity contribution in [2.75, 3.05) is 22.6 Å². The summed E-state index contributed by atoms with van der Waals surface area (Å²) in [5, 5.41) is 6.82. The number of nitrogen functional groups attached to an aromatic ring is 1. The number of hydrogen-bond acceptors (Lipinski definition) is 8. The van der Waals surface area contributed by atoms with E-state index in [1.54, 1.807) is 12.3 Å². The Morgan fingerprint density at radius 2 is 2.10 bits per heavy atom. The molecule has 0 radical (unpaired) electrons. The molecule has 0 spiro atoms. The Morgan fingerprint density at radius 1 is 1.27 bits per heavy atom. The topological polar surface area (TPSA) is 107 Å². The van der Waals surface area contributed by atoms with Gasteiger partial charge >= 0.3 is 0 Å². The second-order valence-corrected chi connectivity index (χ2v) is 8.31. The minimum Gasteiger partial charge on any atom is -0.384 e. The van der Waals surface area contributed by atoms with E-state index in [1.165, 1.54) is 13.2 Å². The lowest BCUT2D eigenvalue weighted by Gasteiger charge is -2.40. The van der Waals surface area contributed by atoms with E-state index < -0.39 is 5.95 Å². The molecule has 1 saturated heterocycles. The molecule has 5 heterocycles. The van der Waals surface area contributed by atoms with E-state index in [-0.39, 0.29) is 29.2 Å². The third-order valence-corrected chi connectivity index (χ3v) is 5.69. The van der Waals surface area contributed by atoms with Crippen LogP contribution in [0, 0.1) is 5.95 Å². The second kappa shape index (κ2) is 6.63. The van der Waals surface area contributed by atoms with Crippen LogP contribution in [-0.2, 0) is 11.8 Å². The first kappa shape index (κ1) is 18.7. The molecule has 156 valence electrons. The molecule has 1 unspecified atom stereocenters. The van der Waals surface area contributed by atoms with E-state index in [0.29, 0.717) is 12.4 Å². The number of nitrogens with zero attached hydrogens (tertiary/aromatic N) is 6. The monoisotopic (exact) mass is 410 g/mol. The summed E-state index contributed by atoms with van der Waals surface area (Å²) >= 11 is 0. The predicted molar refractivity (Wildman–Crippen MR) is 110 cm³/mol. The van der Waals surface area contributed by atoms with Gasteiger partial charge in [-0.15, -0.1) is 0 Å². The largest absolute Gasteiger partial charge is 0.384 e. The number of aryl methyl sites for hydroxylation is 1. The number of rotatable bonds is 3. The smallest absolute Gasteiger partial charge is 0.235 e. The van der Waals surface area contributed by atoms with Crippen LogP contribution in [0.1, 0.15) is 31.7 Å². The maximum absolute atomic E-state index is 14.2. The van der Waals surface area contributed by atoms with E-state index in [9.17, 15) is 4.39 Å². The highest BCUT2D eigenvalue weighted by Gasteiger charge is 2.47. The summed E-state index contributed by atoms with van der Waals surface area (Å²) in [4.78, 5) is 15.8. The lowest BCUT2D eigenvalue weighted by atomic mass is 9.85. The Balaban J connectivity index is 1.58. The van der Waals surface area contributed by atoms with Gasteiger partial charge in [-0.2, -0.15) is 14.5 Å². The second-order valence-electron chi connectivity index (χ2n) is 8.31. The summed E-state index contributed by atoms with van der Waals surface area (Å²) in [5.41, 5.74) is 6.89. The van der Waals surface area contributed by atoms with Crippen LogP contribution >= 0.6 is 0 Å². The summed E-state index contributed by atoms with van der Waals surface area (Å²) in [7, 11) is 1.53. The number of nitrogens with two attached hydrogens (primary N) is 1. The molecule has 1 fully saturated rings. The van der Waals surface area contributed by atoms with E-state index in [0.717, 1.165) is 28.3 Å². The molecule has 30 heavy (non-hydrogen) atoms. The minimum atomic E-state index is -0.489. The fourth-order valence-corrected chi connectivity index (χ4v) is 4.23. The van der Waals surface area contributed by atoms with Crippen LogP contribution < -0.4 is 16.0 Å². The first-order valence-corrected chi connectivity index (χ1v) is 9.79. The van der Waals surface area contributed by atoms with Crippen molar-refractivity contribution in [2.45, 2.75) is 37.8 Å². The van der Waals surface area contributed by atoms with Crippen LogP contribution in [0.4, 0.5) is 33.5 Å². The molecule has 0 aliphatic carbocycles. The molecule has 3 N–H and O–H groups in total. The zero-order valence-electron chi connectivity index (χ0n) is 17.0. The first-order chi connectivity index (χ1) is 14.3. The van der Waals surface area contributed by atoms with Crippen LogP contribution in [0.25, 0.3) is 0 Å². The van der Waals surface area contributed by atoms with E-state index in [2.05, 4.69) is 39.1 Å². The Morgan fingerprint density at radius 3 is 2.83 bits per heavy atom. The van der Waals surface area contributed by atoms with Crippen molar-refractivity contribution < 1.29 is 9.13 Å². The summed E-state index contributed by atoms with van der Waals surface area (Å²) < 4.78 is 21.4. The molecule has 9 nitrogen and oxygen atoms in total. The zero-order valence-corrected chi connectivity index (χ0v) is 17.0. The van der Waals surface area contributed by atoms with E-state index in [1.807, 2.05) is 12.1 Å². The number of halogens is 1. The number of aromatic nitrogens is 5. The van der Waals surface area contributed by atoms with Crippen LogP contribution in [-0.4, -0.2) is 43.0 Å². The Labute approximate surface area is 173 Å². The van der Waals surface area contributed by atoms with Crippen molar-refractivity contribution in [1.29, 1.82) is 0 Å². The average Bonchev–Trinajstić information content (AvgIpc) is 3.18. The predicted octanol–water partition coefficient (Wildman–Crippen LogP) is 2.87. The summed E-state index contributed by atoms with van der Waals surface area (Å²) in [6, 6.07) is 5.66. The van der Waals surface area contributed by atoms with Crippen molar-refractivity contribution in [3.8, 4) is 0 Å². The highest BCUT2D eigenvalue weighted by atomic mass is 19.1. The van der Waals surface area contributed by atoms with Crippen molar-refractivity contribution in [2.24, 2.45) is 7.05 Å². The van der Waals surface area contributed by atoms with Crippen LogP contribution in [0.2, 0.25) is 0 Å². The molecule has 10 heteroatoms. The van der Waals surface area contributed by atoms with E-state index in [4.69, 9.17) is 15.5 Å². The molecule has 2 aliphatic rings. The van der Waals surface area contributed by atoms with Crippen LogP contribution in [0.5, 0.6) is 0 Å². The van der Waals surface area contributed by atoms with Crippen molar-refractivity contribution >= 4 is 29.1 Å². The average molecular weight is 410 g/mol. The van der Waals surface area contributed by atoms with Gasteiger partial charge in [0.05, 0.1) is 18.4 Å². The van der Waals surface area contributed by atoms with Gasteiger partial charge < -0.3 is 20.7 Å². The fourth-order valence-electron chi connectivity index (χ4n) is 4.23. The fraction of sp³-hybridized carbons (Fsp3) is 0.400. The summed E-state index contributed by atoms with van der Waals surface area (Å²) in [5.74, 6) is 1.80. The molecule has 2 aliphatic heterocycles. The molecule has 2 atom stereocenters. The normalized spacial score (nSPS) is 21.9. The number of fused-ring (bicyclic) bond motifs is 3. The maximum atomic E-state index is 14.2. The lowest BCUT2D eigenvalue weighted by molar-refractivity contribution is -0.0657. The Kier molecular flexibility index (Phi) is 4.14. The number of anilines is 5. The highest BCUT2D eigenvalue weighted by Crippen LogP contribution is 2.49. The summed E-state index contributed by atoms with van der Waals surface area (Å²) in [6.45, 7) is 4.73. The van der Waals surface area contributed by atoms with E-state index >= 15 is 0 Å². The van der Waals surface area contributed by atoms with Gasteiger partial charge in [-0.25, -0.2) is 14.6 Å². The molecule has 0 saturated carbocycles. The third-order valence-electron chi connectivity index (χ3n) is 5.69. The standard InChI is InChI=1S/C20H23FN8O/c1-20(2)7-14-12(10-30-20)11-8-23-19(25-13-9-24-28(3)17(13)21)27-18(11)29(14)16-6-4-5-15(22)26-16/h4-6,8-9,12,14H,7,10H2,1-3H3,(H2,22,26)(H,23,25,27)/t12?,14-/m1/s1. The molecule has 3 aromatic rings. The van der Waals surface area contributed by atoms with Gasteiger partial charge in [0.2, 0.25) is 11.9 Å². The quantitative estimate of drug-likeness (QED) is 0.679. The number of hydrogen-bond donors (Lipinski definition) is 2. The molecule has 0 aromatic carbocycles. The number of nitrogens with one attached hydrogen (secondary N) is 1. The number of pyridine rings is 1. The SMILES string of the molecule is Cn1ncc(Nc2ncc3c(n2)N(c2cccc(N)n2)[C@@H]2CC(C)(C)OCC32)c1F. The van der Waals surface area contributed by atoms with Gasteiger partial charge in [0, 0.05) is 30.8 Å². The summed E-state index contributed by atoms with van der Waals surface area (Å²) in [6.07, 6.45) is 3.98. The Bertz CT molecular complexity index is 1110. The first-order valence-electron chi connectivity index (χ1n) is 9.79. The molecular weight excluding hydrogens is 387 g/mol. The van der Waals surface area contributed by atoms with Crippen molar-refractivity contribution in [1.82, 2.24) is 24.7 Å². The molecule has 0 bridgehead atoms. The molecular formula is C20H23FN8O. The molecule has 3 aromatic heterocycles. The minimum absolute atomic E-state index is 0.109. The van der Waals surface area contributed by atoms with Gasteiger partial charge in [0.1, 0.15) is 23.1 Å². The van der Waals surface area contributed by atoms with Gasteiger partial charge in [-0.3, -0.25) is 0 Å². The Hall–Kier alpha value is -3.27. The van der Waals surface area contributed by atoms with Crippen molar-refractivity contribution in [3.63, 3.8) is 0 Å². The zero-order chi connectivity index (χ0) is 21.0. The van der Waals surface area contributed by atoms with Crippen LogP contribution in [0.3, 0.4) is 0 Å². The van der Waals surface area contributed by atoms with Crippen LogP contribution in [0.15, 0.2) is 30.6 Å². The van der Waals surface area contributed by atoms with Gasteiger partial charge in [0.25, 0.3) is 0 Å². The van der Waals surface area contributed by atoms with Gasteiger partial charge in [-0.05, 0) is 32.4 Å². The third kappa shape index (κ3) is 3.04. The van der Waals surface area contributed by atoms with Gasteiger partial charge in [-0.1, -0.05) is 6.07 Å².